The maximum absolute atomic E-state index is 13.6. The first-order chi connectivity index (χ1) is 7.40. The smallest absolute Gasteiger partial charge is 0.130 e. The summed E-state index contributed by atoms with van der Waals surface area (Å²) in [5, 5.41) is 9.87. The highest BCUT2D eigenvalue weighted by Crippen LogP contribution is 2.32. The second-order valence-electron chi connectivity index (χ2n) is 4.03. The summed E-state index contributed by atoms with van der Waals surface area (Å²) in [4.78, 5) is 0. The molecule has 16 heavy (non-hydrogen) atoms. The Labute approximate surface area is 95.0 Å². The monoisotopic (exact) mass is 227 g/mol. The van der Waals surface area contributed by atoms with Gasteiger partial charge in [-0.05, 0) is 38.0 Å². The van der Waals surface area contributed by atoms with Crippen molar-refractivity contribution in [3.63, 3.8) is 0 Å². The largest absolute Gasteiger partial charge is 0.496 e. The van der Waals surface area contributed by atoms with Crippen LogP contribution in [-0.4, -0.2) is 18.3 Å². The molecule has 3 N–H and O–H groups in total. The van der Waals surface area contributed by atoms with E-state index in [-0.39, 0.29) is 0 Å². The summed E-state index contributed by atoms with van der Waals surface area (Å²) >= 11 is 0. The normalized spacial score (nSPS) is 14.7. The van der Waals surface area contributed by atoms with Crippen LogP contribution in [0.2, 0.25) is 0 Å². The van der Waals surface area contributed by atoms with Gasteiger partial charge in [0.2, 0.25) is 0 Å². The molecular formula is C12H18FNO2. The zero-order valence-electron chi connectivity index (χ0n) is 10.0. The molecule has 0 amide bonds. The van der Waals surface area contributed by atoms with E-state index in [0.29, 0.717) is 16.9 Å². The second-order valence-corrected chi connectivity index (χ2v) is 4.03. The van der Waals surface area contributed by atoms with Gasteiger partial charge in [-0.15, -0.1) is 0 Å². The second kappa shape index (κ2) is 4.80. The molecule has 1 aromatic carbocycles. The van der Waals surface area contributed by atoms with Gasteiger partial charge in [0.1, 0.15) is 11.6 Å². The number of methoxy groups -OCH3 is 1. The lowest BCUT2D eigenvalue weighted by Gasteiger charge is -2.20. The Morgan fingerprint density at radius 2 is 1.94 bits per heavy atom. The molecule has 0 aliphatic rings. The molecule has 0 bridgehead atoms. The standard InChI is InChI=1S/C12H18FNO2/c1-6-9(11(15)8(3)14)5-10(13)7(2)12(6)16-4/h5,8,11,15H,14H2,1-4H3. The Balaban J connectivity index is 3.36. The molecule has 0 radical (unpaired) electrons. The number of aliphatic hydroxyl groups excluding tert-OH is 1. The van der Waals surface area contributed by atoms with Crippen LogP contribution in [-0.2, 0) is 0 Å². The summed E-state index contributed by atoms with van der Waals surface area (Å²) in [5.41, 5.74) is 7.26. The molecule has 90 valence electrons. The van der Waals surface area contributed by atoms with E-state index in [9.17, 15) is 9.50 Å². The Bertz CT molecular complexity index is 391. The van der Waals surface area contributed by atoms with E-state index in [1.165, 1.54) is 13.2 Å². The molecule has 0 fully saturated rings. The SMILES string of the molecule is COc1c(C)c(F)cc(C(O)C(C)N)c1C. The van der Waals surface area contributed by atoms with Crippen LogP contribution in [0.25, 0.3) is 0 Å². The Kier molecular flexibility index (Phi) is 3.88. The molecular weight excluding hydrogens is 209 g/mol. The Hall–Kier alpha value is -1.13. The molecule has 0 saturated carbocycles. The molecule has 0 aliphatic heterocycles. The molecule has 3 nitrogen and oxygen atoms in total. The number of aliphatic hydroxyl groups is 1. The average molecular weight is 227 g/mol. The van der Waals surface area contributed by atoms with E-state index >= 15 is 0 Å². The number of hydrogen-bond donors (Lipinski definition) is 2. The third-order valence-corrected chi connectivity index (χ3v) is 2.78. The average Bonchev–Trinajstić information content (AvgIpc) is 2.23. The van der Waals surface area contributed by atoms with Gasteiger partial charge in [-0.3, -0.25) is 0 Å². The number of halogens is 1. The highest BCUT2D eigenvalue weighted by Gasteiger charge is 2.20. The van der Waals surface area contributed by atoms with Crippen molar-refractivity contribution in [3.8, 4) is 5.75 Å². The number of benzene rings is 1. The van der Waals surface area contributed by atoms with Crippen molar-refractivity contribution in [1.29, 1.82) is 0 Å². The molecule has 0 spiro atoms. The van der Waals surface area contributed by atoms with Crippen LogP contribution < -0.4 is 10.5 Å². The summed E-state index contributed by atoms with van der Waals surface area (Å²) in [6, 6.07) is 0.867. The molecule has 0 aliphatic carbocycles. The van der Waals surface area contributed by atoms with Crippen molar-refractivity contribution in [3.05, 3.63) is 28.6 Å². The van der Waals surface area contributed by atoms with Gasteiger partial charge in [-0.1, -0.05) is 0 Å². The summed E-state index contributed by atoms with van der Waals surface area (Å²) in [6.45, 7) is 5.10. The zero-order chi connectivity index (χ0) is 12.5. The quantitative estimate of drug-likeness (QED) is 0.828. The van der Waals surface area contributed by atoms with E-state index in [4.69, 9.17) is 10.5 Å². The van der Waals surface area contributed by atoms with Crippen LogP contribution in [0.1, 0.15) is 29.7 Å². The molecule has 2 atom stereocenters. The van der Waals surface area contributed by atoms with Gasteiger partial charge in [0, 0.05) is 11.6 Å². The van der Waals surface area contributed by atoms with Crippen molar-refractivity contribution in [2.45, 2.75) is 32.9 Å². The maximum Gasteiger partial charge on any atom is 0.130 e. The fraction of sp³-hybridized carbons (Fsp3) is 0.500. The summed E-state index contributed by atoms with van der Waals surface area (Å²) in [6.07, 6.45) is -0.885. The first kappa shape index (κ1) is 12.9. The van der Waals surface area contributed by atoms with Gasteiger partial charge in [0.15, 0.2) is 0 Å². The molecule has 0 aromatic heterocycles. The third-order valence-electron chi connectivity index (χ3n) is 2.78. The summed E-state index contributed by atoms with van der Waals surface area (Å²) in [7, 11) is 1.48. The first-order valence-electron chi connectivity index (χ1n) is 5.17. The maximum atomic E-state index is 13.6. The fourth-order valence-corrected chi connectivity index (χ4v) is 1.77. The third kappa shape index (κ3) is 2.18. The number of nitrogens with two attached hydrogens (primary N) is 1. The molecule has 4 heteroatoms. The van der Waals surface area contributed by atoms with Crippen LogP contribution in [0.15, 0.2) is 6.07 Å². The highest BCUT2D eigenvalue weighted by atomic mass is 19.1. The lowest BCUT2D eigenvalue weighted by Crippen LogP contribution is -2.25. The van der Waals surface area contributed by atoms with E-state index < -0.39 is 18.0 Å². The molecule has 0 heterocycles. The predicted molar refractivity (Wildman–Crippen MR) is 61.0 cm³/mol. The number of rotatable bonds is 3. The number of ether oxygens (including phenoxy) is 1. The van der Waals surface area contributed by atoms with Crippen molar-refractivity contribution in [1.82, 2.24) is 0 Å². The van der Waals surface area contributed by atoms with Crippen LogP contribution in [0.3, 0.4) is 0 Å². The van der Waals surface area contributed by atoms with Crippen molar-refractivity contribution in [2.75, 3.05) is 7.11 Å². The Morgan fingerprint density at radius 1 is 1.38 bits per heavy atom. The van der Waals surface area contributed by atoms with E-state index in [1.807, 2.05) is 0 Å². The van der Waals surface area contributed by atoms with Gasteiger partial charge >= 0.3 is 0 Å². The molecule has 1 rings (SSSR count). The fourth-order valence-electron chi connectivity index (χ4n) is 1.77. The topological polar surface area (TPSA) is 55.5 Å². The highest BCUT2D eigenvalue weighted by molar-refractivity contribution is 5.47. The van der Waals surface area contributed by atoms with Crippen molar-refractivity contribution < 1.29 is 14.2 Å². The van der Waals surface area contributed by atoms with E-state index in [0.717, 1.165) is 5.56 Å². The zero-order valence-corrected chi connectivity index (χ0v) is 10.0. The summed E-state index contributed by atoms with van der Waals surface area (Å²) < 4.78 is 18.7. The lowest BCUT2D eigenvalue weighted by atomic mass is 9.96. The minimum Gasteiger partial charge on any atom is -0.496 e. The Morgan fingerprint density at radius 3 is 2.38 bits per heavy atom. The van der Waals surface area contributed by atoms with E-state index in [1.54, 1.807) is 20.8 Å². The van der Waals surface area contributed by atoms with Crippen molar-refractivity contribution in [2.24, 2.45) is 5.73 Å². The van der Waals surface area contributed by atoms with Gasteiger partial charge in [0.05, 0.1) is 13.2 Å². The van der Waals surface area contributed by atoms with Gasteiger partial charge in [-0.2, -0.15) is 0 Å². The molecule has 1 aromatic rings. The first-order valence-corrected chi connectivity index (χ1v) is 5.17. The van der Waals surface area contributed by atoms with Crippen LogP contribution >= 0.6 is 0 Å². The van der Waals surface area contributed by atoms with Gasteiger partial charge < -0.3 is 15.6 Å². The van der Waals surface area contributed by atoms with E-state index in [2.05, 4.69) is 0 Å². The van der Waals surface area contributed by atoms with Gasteiger partial charge in [0.25, 0.3) is 0 Å². The van der Waals surface area contributed by atoms with Crippen LogP contribution in [0, 0.1) is 19.7 Å². The lowest BCUT2D eigenvalue weighted by molar-refractivity contribution is 0.152. The van der Waals surface area contributed by atoms with Crippen LogP contribution in [0.5, 0.6) is 5.75 Å². The van der Waals surface area contributed by atoms with Crippen LogP contribution in [0.4, 0.5) is 4.39 Å². The van der Waals surface area contributed by atoms with Crippen molar-refractivity contribution >= 4 is 0 Å². The predicted octanol–water partition coefficient (Wildman–Crippen LogP) is 1.83. The number of hydrogen-bond acceptors (Lipinski definition) is 3. The molecule has 0 saturated heterocycles. The minimum absolute atomic E-state index is 0.392. The minimum atomic E-state index is -0.885. The van der Waals surface area contributed by atoms with Gasteiger partial charge in [-0.25, -0.2) is 4.39 Å². The molecule has 2 unspecified atom stereocenters. The summed E-state index contributed by atoms with van der Waals surface area (Å²) in [5.74, 6) is 0.0758.